The van der Waals surface area contributed by atoms with E-state index in [1.807, 2.05) is 0 Å². The van der Waals surface area contributed by atoms with E-state index in [9.17, 15) is 8.42 Å². The first kappa shape index (κ1) is 14.1. The molecule has 1 saturated heterocycles. The first-order chi connectivity index (χ1) is 8.49. The topological polar surface area (TPSA) is 61.4 Å². The summed E-state index contributed by atoms with van der Waals surface area (Å²) < 4.78 is 28.9. The van der Waals surface area contributed by atoms with E-state index < -0.39 is 10.2 Å². The number of rotatable bonds is 3. The van der Waals surface area contributed by atoms with Crippen molar-refractivity contribution in [2.75, 3.05) is 30.9 Å². The molecule has 1 aromatic carbocycles. The number of anilines is 1. The number of nitrogens with zero attached hydrogens (tertiary/aromatic N) is 1. The highest BCUT2D eigenvalue weighted by Crippen LogP contribution is 2.27. The predicted molar refractivity (Wildman–Crippen MR) is 76.1 cm³/mol. The van der Waals surface area contributed by atoms with Crippen LogP contribution in [0.1, 0.15) is 0 Å². The lowest BCUT2D eigenvalue weighted by Crippen LogP contribution is -2.48. The monoisotopic (exact) mass is 353 g/mol. The number of piperazine rings is 1. The molecule has 0 radical (unpaired) electrons. The van der Waals surface area contributed by atoms with E-state index in [0.29, 0.717) is 41.4 Å². The van der Waals surface area contributed by atoms with E-state index >= 15 is 0 Å². The molecule has 0 saturated carbocycles. The second-order valence-corrected chi connectivity index (χ2v) is 6.84. The molecule has 1 aliphatic heterocycles. The fraction of sp³-hybridized carbons (Fsp3) is 0.400. The summed E-state index contributed by atoms with van der Waals surface area (Å²) in [6.07, 6.45) is 0. The predicted octanol–water partition coefficient (Wildman–Crippen LogP) is 1.66. The Kier molecular flexibility index (Phi) is 4.50. The van der Waals surface area contributed by atoms with E-state index in [1.54, 1.807) is 18.2 Å². The number of benzene rings is 1. The van der Waals surface area contributed by atoms with Crippen LogP contribution in [0.2, 0.25) is 5.02 Å². The average Bonchev–Trinajstić information content (AvgIpc) is 2.35. The van der Waals surface area contributed by atoms with Crippen molar-refractivity contribution in [3.63, 3.8) is 0 Å². The van der Waals surface area contributed by atoms with Gasteiger partial charge in [-0.25, -0.2) is 0 Å². The van der Waals surface area contributed by atoms with Crippen molar-refractivity contribution < 1.29 is 8.42 Å². The Morgan fingerprint density at radius 2 is 2.00 bits per heavy atom. The van der Waals surface area contributed by atoms with Crippen LogP contribution >= 0.6 is 27.5 Å². The van der Waals surface area contributed by atoms with Crippen LogP contribution in [0.3, 0.4) is 0 Å². The van der Waals surface area contributed by atoms with Crippen LogP contribution in [0.15, 0.2) is 22.7 Å². The highest BCUT2D eigenvalue weighted by atomic mass is 79.9. The van der Waals surface area contributed by atoms with Crippen molar-refractivity contribution in [2.45, 2.75) is 0 Å². The Morgan fingerprint density at radius 1 is 1.33 bits per heavy atom. The molecule has 0 amide bonds. The lowest BCUT2D eigenvalue weighted by atomic mass is 10.3. The minimum Gasteiger partial charge on any atom is -0.314 e. The van der Waals surface area contributed by atoms with Gasteiger partial charge in [-0.1, -0.05) is 11.6 Å². The van der Waals surface area contributed by atoms with Gasteiger partial charge in [0.05, 0.1) is 5.69 Å². The van der Waals surface area contributed by atoms with E-state index in [2.05, 4.69) is 26.0 Å². The Labute approximate surface area is 120 Å². The Balaban J connectivity index is 2.18. The van der Waals surface area contributed by atoms with Crippen LogP contribution in [0.5, 0.6) is 0 Å². The molecule has 0 atom stereocenters. The second kappa shape index (κ2) is 5.75. The third-order valence-corrected chi connectivity index (χ3v) is 5.03. The van der Waals surface area contributed by atoms with Gasteiger partial charge in [0, 0.05) is 35.7 Å². The van der Waals surface area contributed by atoms with Crippen LogP contribution in [0.25, 0.3) is 0 Å². The largest absolute Gasteiger partial charge is 0.314 e. The van der Waals surface area contributed by atoms with Crippen molar-refractivity contribution in [3.05, 3.63) is 27.7 Å². The molecular formula is C10H13BrClN3O2S. The van der Waals surface area contributed by atoms with Crippen molar-refractivity contribution in [2.24, 2.45) is 0 Å². The van der Waals surface area contributed by atoms with Gasteiger partial charge in [-0.2, -0.15) is 12.7 Å². The summed E-state index contributed by atoms with van der Waals surface area (Å²) in [6.45, 7) is 2.26. The Morgan fingerprint density at radius 3 is 2.67 bits per heavy atom. The molecule has 5 nitrogen and oxygen atoms in total. The van der Waals surface area contributed by atoms with Crippen LogP contribution in [0.4, 0.5) is 5.69 Å². The van der Waals surface area contributed by atoms with E-state index in [1.165, 1.54) is 4.31 Å². The fourth-order valence-electron chi connectivity index (χ4n) is 1.66. The van der Waals surface area contributed by atoms with Crippen molar-refractivity contribution >= 4 is 43.4 Å². The SMILES string of the molecule is O=S(=O)(Nc1cc(Cl)ccc1Br)N1CCNCC1. The van der Waals surface area contributed by atoms with Gasteiger partial charge < -0.3 is 5.32 Å². The summed E-state index contributed by atoms with van der Waals surface area (Å²) in [5.41, 5.74) is 0.445. The van der Waals surface area contributed by atoms with Gasteiger partial charge in [-0.3, -0.25) is 4.72 Å². The third kappa shape index (κ3) is 3.36. The van der Waals surface area contributed by atoms with Crippen molar-refractivity contribution in [3.8, 4) is 0 Å². The van der Waals surface area contributed by atoms with E-state index in [4.69, 9.17) is 11.6 Å². The standard InChI is InChI=1S/C10H13BrClN3O2S/c11-9-2-1-8(12)7-10(9)14-18(16,17)15-5-3-13-4-6-15/h1-2,7,13-14H,3-6H2. The van der Waals surface area contributed by atoms with Crippen LogP contribution in [-0.4, -0.2) is 38.9 Å². The molecular weight excluding hydrogens is 342 g/mol. The molecule has 1 aromatic rings. The van der Waals surface area contributed by atoms with Crippen LogP contribution in [0, 0.1) is 0 Å². The maximum absolute atomic E-state index is 12.1. The number of halogens is 2. The Bertz CT molecular complexity index is 532. The van der Waals surface area contributed by atoms with Gasteiger partial charge >= 0.3 is 10.2 Å². The minimum absolute atomic E-state index is 0.445. The van der Waals surface area contributed by atoms with Gasteiger partial charge in [0.15, 0.2) is 0 Å². The smallest absolute Gasteiger partial charge is 0.301 e. The summed E-state index contributed by atoms with van der Waals surface area (Å²) in [6, 6.07) is 4.97. The summed E-state index contributed by atoms with van der Waals surface area (Å²) in [5, 5.41) is 3.59. The quantitative estimate of drug-likeness (QED) is 0.868. The lowest BCUT2D eigenvalue weighted by molar-refractivity contribution is 0.362. The molecule has 100 valence electrons. The van der Waals surface area contributed by atoms with Crippen molar-refractivity contribution in [1.82, 2.24) is 9.62 Å². The highest BCUT2D eigenvalue weighted by Gasteiger charge is 2.24. The molecule has 1 aliphatic rings. The van der Waals surface area contributed by atoms with Crippen LogP contribution in [-0.2, 0) is 10.2 Å². The van der Waals surface area contributed by atoms with E-state index in [0.717, 1.165) is 0 Å². The molecule has 2 N–H and O–H groups in total. The fourth-order valence-corrected chi connectivity index (χ4v) is 3.55. The van der Waals surface area contributed by atoms with Crippen molar-refractivity contribution in [1.29, 1.82) is 0 Å². The number of nitrogens with one attached hydrogen (secondary N) is 2. The summed E-state index contributed by atoms with van der Waals surface area (Å²) in [7, 11) is -3.52. The first-order valence-corrected chi connectivity index (χ1v) is 8.04. The molecule has 0 bridgehead atoms. The number of hydrogen-bond donors (Lipinski definition) is 2. The maximum atomic E-state index is 12.1. The second-order valence-electron chi connectivity index (χ2n) is 3.88. The zero-order chi connectivity index (χ0) is 13.2. The molecule has 8 heteroatoms. The normalized spacial score (nSPS) is 17.7. The third-order valence-electron chi connectivity index (χ3n) is 2.58. The maximum Gasteiger partial charge on any atom is 0.301 e. The van der Waals surface area contributed by atoms with Gasteiger partial charge in [0.2, 0.25) is 0 Å². The zero-order valence-corrected chi connectivity index (χ0v) is 12.6. The molecule has 1 fully saturated rings. The Hall–Kier alpha value is -0.340. The highest BCUT2D eigenvalue weighted by molar-refractivity contribution is 9.10. The van der Waals surface area contributed by atoms with Gasteiger partial charge in [-0.15, -0.1) is 0 Å². The van der Waals surface area contributed by atoms with Gasteiger partial charge in [-0.05, 0) is 34.1 Å². The van der Waals surface area contributed by atoms with Crippen LogP contribution < -0.4 is 10.0 Å². The molecule has 0 aromatic heterocycles. The molecule has 2 rings (SSSR count). The summed E-state index contributed by atoms with van der Waals surface area (Å²) in [4.78, 5) is 0. The molecule has 0 spiro atoms. The molecule has 1 heterocycles. The summed E-state index contributed by atoms with van der Waals surface area (Å²) >= 11 is 9.14. The van der Waals surface area contributed by atoms with Gasteiger partial charge in [0.25, 0.3) is 0 Å². The molecule has 0 unspecified atom stereocenters. The zero-order valence-electron chi connectivity index (χ0n) is 9.49. The average molecular weight is 355 g/mol. The first-order valence-electron chi connectivity index (χ1n) is 5.43. The minimum atomic E-state index is -3.52. The number of hydrogen-bond acceptors (Lipinski definition) is 3. The molecule has 18 heavy (non-hydrogen) atoms. The summed E-state index contributed by atoms with van der Waals surface area (Å²) in [5.74, 6) is 0. The molecule has 0 aliphatic carbocycles. The van der Waals surface area contributed by atoms with E-state index in [-0.39, 0.29) is 0 Å². The lowest BCUT2D eigenvalue weighted by Gasteiger charge is -2.27. The van der Waals surface area contributed by atoms with Gasteiger partial charge in [0.1, 0.15) is 0 Å².